The van der Waals surface area contributed by atoms with Gasteiger partial charge in [0.1, 0.15) is 11.6 Å². The topological polar surface area (TPSA) is 122 Å². The van der Waals surface area contributed by atoms with Crippen molar-refractivity contribution in [3.63, 3.8) is 0 Å². The maximum absolute atomic E-state index is 13.9. The minimum Gasteiger partial charge on any atom is -0.466 e. The average Bonchev–Trinajstić information content (AvgIpc) is 3.18. The molecule has 2 N–H and O–H groups in total. The van der Waals surface area contributed by atoms with Gasteiger partial charge in [-0.2, -0.15) is 0 Å². The number of benzene rings is 1. The fourth-order valence-corrected chi connectivity index (χ4v) is 3.23. The number of carboxylic acid groups (broad SMARTS) is 1. The highest BCUT2D eigenvalue weighted by Crippen LogP contribution is 2.25. The monoisotopic (exact) mass is 423 g/mol. The van der Waals surface area contributed by atoms with Gasteiger partial charge in [0.2, 0.25) is 0 Å². The first-order valence-electron chi connectivity index (χ1n) is 9.17. The molecule has 0 saturated carbocycles. The summed E-state index contributed by atoms with van der Waals surface area (Å²) < 4.78 is 37.0. The molecular weight excluding hydrogens is 404 g/mol. The number of amides is 2. The minimum absolute atomic E-state index is 0.0675. The molecule has 0 unspecified atom stereocenters. The third-order valence-corrected chi connectivity index (χ3v) is 4.73. The van der Waals surface area contributed by atoms with E-state index in [0.717, 1.165) is 17.0 Å². The normalized spacial score (nSPS) is 18.7. The molecule has 0 radical (unpaired) electrons. The number of likely N-dealkylation sites (tertiary alicyclic amines) is 1. The fraction of sp³-hybridized carbons (Fsp3) is 0.368. The number of rotatable bonds is 5. The molecule has 1 aromatic heterocycles. The Morgan fingerprint density at radius 2 is 2.10 bits per heavy atom. The molecule has 160 valence electrons. The summed E-state index contributed by atoms with van der Waals surface area (Å²) in [4.78, 5) is 37.1. The molecule has 1 aromatic carbocycles. The van der Waals surface area contributed by atoms with Gasteiger partial charge in [-0.15, -0.1) is 0 Å². The summed E-state index contributed by atoms with van der Waals surface area (Å²) in [6.07, 6.45) is -0.977. The summed E-state index contributed by atoms with van der Waals surface area (Å²) in [5.41, 5.74) is -0.237. The number of nitrogens with one attached hydrogen (secondary N) is 1. The molecule has 0 spiro atoms. The second kappa shape index (κ2) is 8.89. The zero-order chi connectivity index (χ0) is 21.8. The number of esters is 1. The molecule has 1 saturated heterocycles. The van der Waals surface area contributed by atoms with E-state index in [0.29, 0.717) is 6.07 Å². The van der Waals surface area contributed by atoms with E-state index in [2.05, 4.69) is 10.5 Å². The molecule has 1 aliphatic heterocycles. The lowest BCUT2D eigenvalue weighted by atomic mass is 9.92. The Morgan fingerprint density at radius 3 is 2.77 bits per heavy atom. The van der Waals surface area contributed by atoms with Crippen molar-refractivity contribution in [2.24, 2.45) is 5.92 Å². The van der Waals surface area contributed by atoms with Crippen LogP contribution in [-0.4, -0.2) is 58.9 Å². The van der Waals surface area contributed by atoms with Gasteiger partial charge in [0.25, 0.3) is 5.91 Å². The van der Waals surface area contributed by atoms with Crippen LogP contribution in [0.2, 0.25) is 0 Å². The summed E-state index contributed by atoms with van der Waals surface area (Å²) in [5.74, 6) is -3.90. The van der Waals surface area contributed by atoms with Crippen LogP contribution in [0.1, 0.15) is 23.8 Å². The van der Waals surface area contributed by atoms with Crippen molar-refractivity contribution in [1.82, 2.24) is 15.4 Å². The van der Waals surface area contributed by atoms with E-state index in [1.165, 1.54) is 6.07 Å². The van der Waals surface area contributed by atoms with Crippen LogP contribution in [0.4, 0.5) is 13.6 Å². The summed E-state index contributed by atoms with van der Waals surface area (Å²) in [6, 6.07) is 3.39. The van der Waals surface area contributed by atoms with Crippen molar-refractivity contribution in [3.8, 4) is 11.3 Å². The highest BCUT2D eigenvalue weighted by Gasteiger charge is 2.38. The highest BCUT2D eigenvalue weighted by molar-refractivity contribution is 5.93. The number of halogens is 2. The molecule has 0 bridgehead atoms. The van der Waals surface area contributed by atoms with Crippen LogP contribution in [0.3, 0.4) is 0 Å². The molecule has 9 nitrogen and oxygen atoms in total. The second-order valence-electron chi connectivity index (χ2n) is 6.66. The van der Waals surface area contributed by atoms with Crippen molar-refractivity contribution >= 4 is 18.0 Å². The van der Waals surface area contributed by atoms with E-state index >= 15 is 0 Å². The Hall–Kier alpha value is -3.50. The average molecular weight is 423 g/mol. The van der Waals surface area contributed by atoms with Gasteiger partial charge >= 0.3 is 12.1 Å². The van der Waals surface area contributed by atoms with Crippen LogP contribution in [0.5, 0.6) is 0 Å². The third-order valence-electron chi connectivity index (χ3n) is 4.73. The van der Waals surface area contributed by atoms with Crippen molar-refractivity contribution < 1.29 is 37.5 Å². The standard InChI is InChI=1S/C19H19F2N3O6/c1-2-29-18(26)12-9-24(19(27)28)6-5-14(12)22-17(25)15-8-16(30-23-15)11-4-3-10(20)7-13(11)21/h3-4,7-8,12,14H,2,5-6,9H2,1H3,(H,22,25)(H,27,28)/t12-,14+/m1/s1. The number of hydrogen-bond acceptors (Lipinski definition) is 6. The van der Waals surface area contributed by atoms with Crippen molar-refractivity contribution in [3.05, 3.63) is 41.6 Å². The van der Waals surface area contributed by atoms with Gasteiger partial charge in [0, 0.05) is 31.3 Å². The van der Waals surface area contributed by atoms with E-state index in [9.17, 15) is 28.3 Å². The molecular formula is C19H19F2N3O6. The predicted molar refractivity (Wildman–Crippen MR) is 97.4 cm³/mol. The Labute approximate surface area is 169 Å². The SMILES string of the molecule is CCOC(=O)[C@@H]1CN(C(=O)O)CC[C@@H]1NC(=O)c1cc(-c2ccc(F)cc2F)on1. The van der Waals surface area contributed by atoms with Gasteiger partial charge in [-0.1, -0.05) is 5.16 Å². The van der Waals surface area contributed by atoms with E-state index < -0.39 is 41.6 Å². The molecule has 30 heavy (non-hydrogen) atoms. The van der Waals surface area contributed by atoms with E-state index in [4.69, 9.17) is 9.26 Å². The van der Waals surface area contributed by atoms with Crippen molar-refractivity contribution in [2.75, 3.05) is 19.7 Å². The molecule has 3 rings (SSSR count). The predicted octanol–water partition coefficient (Wildman–Crippen LogP) is 2.28. The van der Waals surface area contributed by atoms with Crippen molar-refractivity contribution in [2.45, 2.75) is 19.4 Å². The van der Waals surface area contributed by atoms with E-state index in [-0.39, 0.29) is 43.1 Å². The number of carbonyl (C=O) groups excluding carboxylic acids is 2. The van der Waals surface area contributed by atoms with Crippen LogP contribution in [0.15, 0.2) is 28.8 Å². The van der Waals surface area contributed by atoms with Gasteiger partial charge in [-0.3, -0.25) is 9.59 Å². The highest BCUT2D eigenvalue weighted by atomic mass is 19.1. The van der Waals surface area contributed by atoms with Crippen LogP contribution in [0, 0.1) is 17.6 Å². The maximum Gasteiger partial charge on any atom is 0.407 e. The lowest BCUT2D eigenvalue weighted by Gasteiger charge is -2.35. The van der Waals surface area contributed by atoms with Crippen LogP contribution in [-0.2, 0) is 9.53 Å². The number of nitrogens with zero attached hydrogens (tertiary/aromatic N) is 2. The first-order valence-corrected chi connectivity index (χ1v) is 9.17. The second-order valence-corrected chi connectivity index (χ2v) is 6.66. The van der Waals surface area contributed by atoms with Gasteiger partial charge < -0.3 is 24.6 Å². The fourth-order valence-electron chi connectivity index (χ4n) is 3.23. The summed E-state index contributed by atoms with van der Waals surface area (Å²) in [5, 5.41) is 15.4. The Kier molecular flexibility index (Phi) is 6.28. The molecule has 2 heterocycles. The van der Waals surface area contributed by atoms with Crippen LogP contribution in [0.25, 0.3) is 11.3 Å². The number of carbonyl (C=O) groups is 3. The Balaban J connectivity index is 1.74. The minimum atomic E-state index is -1.17. The number of aromatic nitrogens is 1. The maximum atomic E-state index is 13.9. The lowest BCUT2D eigenvalue weighted by Crippen LogP contribution is -2.55. The molecule has 2 atom stereocenters. The lowest BCUT2D eigenvalue weighted by molar-refractivity contribution is -0.150. The van der Waals surface area contributed by atoms with Crippen LogP contribution >= 0.6 is 0 Å². The molecule has 0 aliphatic carbocycles. The first-order chi connectivity index (χ1) is 14.3. The number of hydrogen-bond donors (Lipinski definition) is 2. The zero-order valence-electron chi connectivity index (χ0n) is 15.9. The molecule has 1 aliphatic rings. The van der Waals surface area contributed by atoms with Gasteiger partial charge in [-0.25, -0.2) is 13.6 Å². The smallest absolute Gasteiger partial charge is 0.407 e. The van der Waals surface area contributed by atoms with Gasteiger partial charge in [0.15, 0.2) is 11.5 Å². The molecule has 1 fully saturated rings. The van der Waals surface area contributed by atoms with E-state index in [1.54, 1.807) is 6.92 Å². The number of ether oxygens (including phenoxy) is 1. The summed E-state index contributed by atoms with van der Waals surface area (Å²) in [6.45, 7) is 1.73. The first kappa shape index (κ1) is 21.2. The van der Waals surface area contributed by atoms with E-state index in [1.807, 2.05) is 0 Å². The summed E-state index contributed by atoms with van der Waals surface area (Å²) in [7, 11) is 0. The summed E-state index contributed by atoms with van der Waals surface area (Å²) >= 11 is 0. The Bertz CT molecular complexity index is 963. The van der Waals surface area contributed by atoms with Gasteiger partial charge in [-0.05, 0) is 25.5 Å². The molecule has 2 aromatic rings. The quantitative estimate of drug-likeness (QED) is 0.708. The largest absolute Gasteiger partial charge is 0.466 e. The Morgan fingerprint density at radius 1 is 1.33 bits per heavy atom. The van der Waals surface area contributed by atoms with Crippen LogP contribution < -0.4 is 5.32 Å². The van der Waals surface area contributed by atoms with Gasteiger partial charge in [0.05, 0.1) is 18.1 Å². The third kappa shape index (κ3) is 4.56. The molecule has 2 amide bonds. The number of piperidine rings is 1. The van der Waals surface area contributed by atoms with Crippen molar-refractivity contribution in [1.29, 1.82) is 0 Å². The molecule has 11 heteroatoms. The zero-order valence-corrected chi connectivity index (χ0v) is 15.9.